The van der Waals surface area contributed by atoms with E-state index < -0.39 is 36.6 Å². The molecular formula is C22H30N6O8. The summed E-state index contributed by atoms with van der Waals surface area (Å²) in [6.45, 7) is 0.947. The second-order valence-corrected chi connectivity index (χ2v) is 9.21. The maximum atomic E-state index is 12.3. The fourth-order valence-electron chi connectivity index (χ4n) is 5.00. The molecule has 36 heavy (non-hydrogen) atoms. The summed E-state index contributed by atoms with van der Waals surface area (Å²) in [4.78, 5) is 37.1. The fraction of sp³-hybridized carbons (Fsp3) is 0.682. The third-order valence-corrected chi connectivity index (χ3v) is 6.94. The molecule has 3 aliphatic rings. The minimum atomic E-state index is -1.32. The van der Waals surface area contributed by atoms with E-state index in [-0.39, 0.29) is 24.7 Å². The van der Waals surface area contributed by atoms with Crippen LogP contribution in [-0.4, -0.2) is 99.1 Å². The van der Waals surface area contributed by atoms with Gasteiger partial charge in [-0.1, -0.05) is 6.42 Å². The number of carbonyl (C=O) groups is 2. The Morgan fingerprint density at radius 2 is 2.06 bits per heavy atom. The van der Waals surface area contributed by atoms with Gasteiger partial charge in [-0.15, -0.1) is 0 Å². The Bertz CT molecular complexity index is 1090. The number of amides is 1. The monoisotopic (exact) mass is 506 g/mol. The molecule has 14 nitrogen and oxygen atoms in total. The van der Waals surface area contributed by atoms with Crippen molar-refractivity contribution < 1.29 is 38.7 Å². The molecule has 196 valence electrons. The first kappa shape index (κ1) is 24.6. The zero-order valence-electron chi connectivity index (χ0n) is 19.8. The van der Waals surface area contributed by atoms with E-state index in [0.717, 1.165) is 12.8 Å². The van der Waals surface area contributed by atoms with Gasteiger partial charge < -0.3 is 39.8 Å². The second-order valence-electron chi connectivity index (χ2n) is 9.21. The van der Waals surface area contributed by atoms with Gasteiger partial charge in [0.2, 0.25) is 0 Å². The van der Waals surface area contributed by atoms with Crippen LogP contribution >= 0.6 is 0 Å². The number of nitrogens with zero attached hydrogens (tertiary/aromatic N) is 4. The molecule has 1 amide bonds. The minimum Gasteiger partial charge on any atom is -0.469 e. The first-order valence-corrected chi connectivity index (χ1v) is 12.0. The lowest BCUT2D eigenvalue weighted by Gasteiger charge is -2.20. The van der Waals surface area contributed by atoms with Gasteiger partial charge in [0.05, 0.1) is 32.0 Å². The molecule has 5 unspecified atom stereocenters. The number of ether oxygens (including phenoxy) is 4. The molecule has 1 saturated carbocycles. The Labute approximate surface area is 206 Å². The molecule has 0 spiro atoms. The van der Waals surface area contributed by atoms with Gasteiger partial charge in [0.25, 0.3) is 0 Å². The van der Waals surface area contributed by atoms with Crippen LogP contribution in [0.25, 0.3) is 11.2 Å². The number of esters is 1. The number of nitrogens with one attached hydrogen (secondary N) is 2. The lowest BCUT2D eigenvalue weighted by atomic mass is 10.0. The smallest absolute Gasteiger partial charge is 0.407 e. The molecule has 4 heterocycles. The SMILES string of the molecule is COC(=O)C1CCCC1NC(=O)OC[C@H]1OC(n2cnc3c(NC4CCOC4)ncnc32)C(O)[C@@H]1O. The highest BCUT2D eigenvalue weighted by Crippen LogP contribution is 2.33. The molecule has 7 atom stereocenters. The van der Waals surface area contributed by atoms with Crippen LogP contribution in [0.2, 0.25) is 0 Å². The summed E-state index contributed by atoms with van der Waals surface area (Å²) >= 11 is 0. The quantitative estimate of drug-likeness (QED) is 0.361. The first-order valence-electron chi connectivity index (χ1n) is 12.0. The normalized spacial score (nSPS) is 32.0. The van der Waals surface area contributed by atoms with Gasteiger partial charge in [-0.3, -0.25) is 9.36 Å². The average molecular weight is 507 g/mol. The highest BCUT2D eigenvalue weighted by Gasteiger charge is 2.45. The summed E-state index contributed by atoms with van der Waals surface area (Å²) in [5.41, 5.74) is 0.905. The van der Waals surface area contributed by atoms with Crippen molar-refractivity contribution in [2.24, 2.45) is 5.92 Å². The lowest BCUT2D eigenvalue weighted by molar-refractivity contribution is -0.145. The van der Waals surface area contributed by atoms with Gasteiger partial charge in [0, 0.05) is 12.6 Å². The van der Waals surface area contributed by atoms with E-state index in [9.17, 15) is 19.8 Å². The number of alkyl carbamates (subject to hydrolysis) is 1. The van der Waals surface area contributed by atoms with E-state index >= 15 is 0 Å². The number of imidazole rings is 1. The molecule has 1 aliphatic carbocycles. The summed E-state index contributed by atoms with van der Waals surface area (Å²) in [5, 5.41) is 27.2. The van der Waals surface area contributed by atoms with Crippen molar-refractivity contribution >= 4 is 29.0 Å². The van der Waals surface area contributed by atoms with Gasteiger partial charge in [0.1, 0.15) is 31.2 Å². The number of aliphatic hydroxyl groups is 2. The van der Waals surface area contributed by atoms with Crippen LogP contribution in [0.5, 0.6) is 0 Å². The molecule has 0 aromatic carbocycles. The zero-order valence-corrected chi connectivity index (χ0v) is 19.8. The van der Waals surface area contributed by atoms with Crippen LogP contribution in [0.1, 0.15) is 31.9 Å². The predicted octanol–water partition coefficient (Wildman–Crippen LogP) is -0.286. The summed E-state index contributed by atoms with van der Waals surface area (Å²) in [6.07, 6.45) is 0.391. The molecule has 14 heteroatoms. The number of aromatic nitrogens is 4. The van der Waals surface area contributed by atoms with E-state index in [0.29, 0.717) is 43.0 Å². The number of hydrogen-bond acceptors (Lipinski definition) is 12. The van der Waals surface area contributed by atoms with Crippen molar-refractivity contribution in [1.82, 2.24) is 24.8 Å². The number of rotatable bonds is 7. The molecule has 0 radical (unpaired) electrons. The fourth-order valence-corrected chi connectivity index (χ4v) is 5.00. The number of anilines is 1. The van der Waals surface area contributed by atoms with Crippen LogP contribution in [0.15, 0.2) is 12.7 Å². The molecule has 5 rings (SSSR count). The van der Waals surface area contributed by atoms with Crippen molar-refractivity contribution in [3.8, 4) is 0 Å². The summed E-state index contributed by atoms with van der Waals surface area (Å²) < 4.78 is 22.8. The van der Waals surface area contributed by atoms with Crippen LogP contribution in [0, 0.1) is 5.92 Å². The van der Waals surface area contributed by atoms with Gasteiger partial charge in [-0.05, 0) is 19.3 Å². The molecule has 2 aromatic heterocycles. The number of carbonyl (C=O) groups excluding carboxylic acids is 2. The van der Waals surface area contributed by atoms with Crippen LogP contribution < -0.4 is 10.6 Å². The Kier molecular flexibility index (Phi) is 7.18. The summed E-state index contributed by atoms with van der Waals surface area (Å²) in [6, 6.07) is -0.267. The summed E-state index contributed by atoms with van der Waals surface area (Å²) in [7, 11) is 1.31. The van der Waals surface area contributed by atoms with Crippen LogP contribution in [0.4, 0.5) is 10.6 Å². The minimum absolute atomic E-state index is 0.114. The standard InChI is InChI=1S/C22H30N6O8/c1-33-21(31)12-3-2-4-13(12)27-22(32)35-8-14-16(29)17(30)20(36-14)28-10-25-15-18(23-9-24-19(15)28)26-11-5-6-34-7-11/h9-14,16-17,20,29-30H,2-8H2,1H3,(H,27,32)(H,23,24,26)/t11?,12?,13?,14-,16-,17?,20?/m1/s1. The second kappa shape index (κ2) is 10.5. The largest absolute Gasteiger partial charge is 0.469 e. The van der Waals surface area contributed by atoms with Crippen molar-refractivity contribution in [3.05, 3.63) is 12.7 Å². The van der Waals surface area contributed by atoms with Crippen LogP contribution in [-0.2, 0) is 23.7 Å². The number of fused-ring (bicyclic) bond motifs is 1. The Hall–Kier alpha value is -3.07. The van der Waals surface area contributed by atoms with Gasteiger partial charge >= 0.3 is 12.1 Å². The number of methoxy groups -OCH3 is 1. The summed E-state index contributed by atoms with van der Waals surface area (Å²) in [5.74, 6) is -0.250. The molecule has 2 saturated heterocycles. The third kappa shape index (κ3) is 4.81. The number of hydrogen-bond donors (Lipinski definition) is 4. The van der Waals surface area contributed by atoms with Crippen molar-refractivity contribution in [2.75, 3.05) is 32.2 Å². The van der Waals surface area contributed by atoms with Crippen molar-refractivity contribution in [3.63, 3.8) is 0 Å². The molecule has 2 aromatic rings. The van der Waals surface area contributed by atoms with E-state index in [4.69, 9.17) is 18.9 Å². The highest BCUT2D eigenvalue weighted by molar-refractivity contribution is 5.83. The lowest BCUT2D eigenvalue weighted by Crippen LogP contribution is -2.42. The molecule has 0 bridgehead atoms. The molecular weight excluding hydrogens is 476 g/mol. The third-order valence-electron chi connectivity index (χ3n) is 6.94. The van der Waals surface area contributed by atoms with E-state index in [1.54, 1.807) is 0 Å². The molecule has 3 fully saturated rings. The predicted molar refractivity (Wildman–Crippen MR) is 122 cm³/mol. The molecule has 2 aliphatic heterocycles. The van der Waals surface area contributed by atoms with E-state index in [1.165, 1.54) is 24.3 Å². The zero-order chi connectivity index (χ0) is 25.2. The number of aliphatic hydroxyl groups excluding tert-OH is 2. The average Bonchev–Trinajstić information content (AvgIpc) is 3.67. The van der Waals surface area contributed by atoms with Crippen molar-refractivity contribution in [2.45, 2.75) is 62.3 Å². The van der Waals surface area contributed by atoms with Crippen LogP contribution in [0.3, 0.4) is 0 Å². The maximum Gasteiger partial charge on any atom is 0.407 e. The maximum absolute atomic E-state index is 12.3. The van der Waals surface area contributed by atoms with Gasteiger partial charge in [0.15, 0.2) is 23.2 Å². The van der Waals surface area contributed by atoms with E-state index in [2.05, 4.69) is 25.6 Å². The topological polar surface area (TPSA) is 179 Å². The van der Waals surface area contributed by atoms with Crippen molar-refractivity contribution in [1.29, 1.82) is 0 Å². The molecule has 4 N–H and O–H groups in total. The Morgan fingerprint density at radius 3 is 2.83 bits per heavy atom. The Balaban J connectivity index is 1.21. The van der Waals surface area contributed by atoms with E-state index in [1.807, 2.05) is 0 Å². The van der Waals surface area contributed by atoms with Gasteiger partial charge in [-0.25, -0.2) is 19.7 Å². The van der Waals surface area contributed by atoms with Gasteiger partial charge in [-0.2, -0.15) is 0 Å². The Morgan fingerprint density at radius 1 is 1.19 bits per heavy atom. The first-order chi connectivity index (χ1) is 17.5. The highest BCUT2D eigenvalue weighted by atomic mass is 16.6.